The van der Waals surface area contributed by atoms with Gasteiger partial charge in [0.1, 0.15) is 0 Å². The average molecular weight is 234 g/mol. The maximum absolute atomic E-state index is 10.7. The number of non-ortho nitro benzene ring substituents is 1. The molecule has 1 aromatic rings. The Hall–Kier alpha value is -1.42. The predicted molar refractivity (Wildman–Crippen MR) is 66.8 cm³/mol. The van der Waals surface area contributed by atoms with Crippen molar-refractivity contribution in [2.45, 2.75) is 44.7 Å². The van der Waals surface area contributed by atoms with E-state index in [0.717, 1.165) is 18.5 Å². The molecule has 17 heavy (non-hydrogen) atoms. The van der Waals surface area contributed by atoms with E-state index in [-0.39, 0.29) is 16.1 Å². The molecule has 1 aliphatic carbocycles. The second-order valence-corrected chi connectivity index (χ2v) is 4.77. The molecule has 1 aliphatic rings. The highest BCUT2D eigenvalue weighted by molar-refractivity contribution is 5.34. The van der Waals surface area contributed by atoms with Gasteiger partial charge in [0.15, 0.2) is 0 Å². The molecule has 0 aliphatic heterocycles. The van der Waals surface area contributed by atoms with E-state index >= 15 is 0 Å². The first-order valence-electron chi connectivity index (χ1n) is 6.13. The fourth-order valence-corrected chi connectivity index (χ4v) is 2.33. The number of hydrogen-bond donors (Lipinski definition) is 1. The molecule has 2 rings (SSSR count). The second kappa shape index (κ2) is 4.84. The Labute approximate surface area is 101 Å². The zero-order chi connectivity index (χ0) is 12.3. The van der Waals surface area contributed by atoms with Gasteiger partial charge in [-0.3, -0.25) is 10.1 Å². The number of nitro benzene ring substituents is 1. The third kappa shape index (κ3) is 2.64. The van der Waals surface area contributed by atoms with Crippen LogP contribution in [-0.2, 0) is 6.54 Å². The van der Waals surface area contributed by atoms with Gasteiger partial charge in [-0.1, -0.05) is 19.1 Å². The fourth-order valence-electron chi connectivity index (χ4n) is 2.33. The van der Waals surface area contributed by atoms with E-state index in [2.05, 4.69) is 12.2 Å². The standard InChI is InChI=1S/C13H18N2O2/c1-2-13(7-4-8-13)14-10-11-5-3-6-12(9-11)15(16)17/h3,5-6,9,14H,2,4,7-8,10H2,1H3. The topological polar surface area (TPSA) is 55.2 Å². The van der Waals surface area contributed by atoms with Crippen LogP contribution in [0.25, 0.3) is 0 Å². The maximum atomic E-state index is 10.7. The smallest absolute Gasteiger partial charge is 0.269 e. The van der Waals surface area contributed by atoms with Crippen molar-refractivity contribution < 1.29 is 4.92 Å². The molecule has 0 saturated heterocycles. The van der Waals surface area contributed by atoms with Crippen molar-refractivity contribution in [3.05, 3.63) is 39.9 Å². The van der Waals surface area contributed by atoms with Crippen molar-refractivity contribution >= 4 is 5.69 Å². The first kappa shape index (κ1) is 12.0. The van der Waals surface area contributed by atoms with Crippen LogP contribution in [0.4, 0.5) is 5.69 Å². The number of nitrogens with zero attached hydrogens (tertiary/aromatic N) is 1. The van der Waals surface area contributed by atoms with E-state index < -0.39 is 0 Å². The summed E-state index contributed by atoms with van der Waals surface area (Å²) < 4.78 is 0. The average Bonchev–Trinajstić information content (AvgIpc) is 2.28. The van der Waals surface area contributed by atoms with Crippen LogP contribution in [0.1, 0.15) is 38.2 Å². The van der Waals surface area contributed by atoms with Crippen LogP contribution >= 0.6 is 0 Å². The molecule has 0 heterocycles. The van der Waals surface area contributed by atoms with E-state index in [1.165, 1.54) is 25.3 Å². The van der Waals surface area contributed by atoms with Crippen molar-refractivity contribution in [2.24, 2.45) is 0 Å². The van der Waals surface area contributed by atoms with Gasteiger partial charge in [-0.2, -0.15) is 0 Å². The van der Waals surface area contributed by atoms with Gasteiger partial charge in [0.2, 0.25) is 0 Å². The molecule has 0 unspecified atom stereocenters. The minimum atomic E-state index is -0.345. The highest BCUT2D eigenvalue weighted by atomic mass is 16.6. The molecule has 1 saturated carbocycles. The van der Waals surface area contributed by atoms with E-state index in [1.54, 1.807) is 12.1 Å². The highest BCUT2D eigenvalue weighted by Crippen LogP contribution is 2.34. The predicted octanol–water partition coefficient (Wildman–Crippen LogP) is 3.02. The normalized spacial score (nSPS) is 17.5. The summed E-state index contributed by atoms with van der Waals surface area (Å²) in [6.45, 7) is 2.91. The number of benzene rings is 1. The van der Waals surface area contributed by atoms with E-state index in [1.807, 2.05) is 6.07 Å². The SMILES string of the molecule is CCC1(NCc2cccc([N+](=O)[O-])c2)CCC1. The molecule has 0 amide bonds. The Kier molecular flexibility index (Phi) is 3.43. The summed E-state index contributed by atoms with van der Waals surface area (Å²) in [6.07, 6.45) is 4.86. The summed E-state index contributed by atoms with van der Waals surface area (Å²) >= 11 is 0. The molecule has 4 nitrogen and oxygen atoms in total. The maximum Gasteiger partial charge on any atom is 0.269 e. The van der Waals surface area contributed by atoms with Gasteiger partial charge in [0, 0.05) is 24.2 Å². The summed E-state index contributed by atoms with van der Waals surface area (Å²) in [6, 6.07) is 6.86. The number of nitro groups is 1. The first-order chi connectivity index (χ1) is 8.15. The van der Waals surface area contributed by atoms with Crippen LogP contribution in [-0.4, -0.2) is 10.5 Å². The van der Waals surface area contributed by atoms with Crippen LogP contribution < -0.4 is 5.32 Å². The molecule has 0 radical (unpaired) electrons. The quantitative estimate of drug-likeness (QED) is 0.629. The third-order valence-corrected chi connectivity index (χ3v) is 3.78. The van der Waals surface area contributed by atoms with Crippen LogP contribution in [0, 0.1) is 10.1 Å². The molecule has 92 valence electrons. The van der Waals surface area contributed by atoms with Crippen LogP contribution in [0.5, 0.6) is 0 Å². The molecular weight excluding hydrogens is 216 g/mol. The lowest BCUT2D eigenvalue weighted by molar-refractivity contribution is -0.384. The minimum absolute atomic E-state index is 0.170. The number of nitrogens with one attached hydrogen (secondary N) is 1. The molecule has 4 heteroatoms. The summed E-state index contributed by atoms with van der Waals surface area (Å²) in [5, 5.41) is 14.2. The zero-order valence-electron chi connectivity index (χ0n) is 10.1. The lowest BCUT2D eigenvalue weighted by Crippen LogP contribution is -2.49. The minimum Gasteiger partial charge on any atom is -0.307 e. The van der Waals surface area contributed by atoms with E-state index in [9.17, 15) is 10.1 Å². The van der Waals surface area contributed by atoms with E-state index in [0.29, 0.717) is 0 Å². The Morgan fingerprint density at radius 2 is 2.24 bits per heavy atom. The molecule has 0 bridgehead atoms. The van der Waals surface area contributed by atoms with Crippen LogP contribution in [0.3, 0.4) is 0 Å². The molecule has 1 aromatic carbocycles. The Balaban J connectivity index is 1.99. The number of hydrogen-bond acceptors (Lipinski definition) is 3. The van der Waals surface area contributed by atoms with Gasteiger partial charge < -0.3 is 5.32 Å². The summed E-state index contributed by atoms with van der Waals surface area (Å²) in [4.78, 5) is 10.3. The molecule has 0 atom stereocenters. The van der Waals surface area contributed by atoms with Gasteiger partial charge in [-0.25, -0.2) is 0 Å². The Morgan fingerprint density at radius 1 is 1.47 bits per heavy atom. The second-order valence-electron chi connectivity index (χ2n) is 4.77. The van der Waals surface area contributed by atoms with Crippen molar-refractivity contribution in [1.29, 1.82) is 0 Å². The third-order valence-electron chi connectivity index (χ3n) is 3.78. The van der Waals surface area contributed by atoms with Gasteiger partial charge in [0.25, 0.3) is 5.69 Å². The summed E-state index contributed by atoms with van der Waals surface area (Å²) in [5.41, 5.74) is 1.44. The lowest BCUT2D eigenvalue weighted by Gasteiger charge is -2.42. The Morgan fingerprint density at radius 3 is 2.76 bits per heavy atom. The summed E-state index contributed by atoms with van der Waals surface area (Å²) in [7, 11) is 0. The van der Waals surface area contributed by atoms with Crippen LogP contribution in [0.2, 0.25) is 0 Å². The summed E-state index contributed by atoms with van der Waals surface area (Å²) in [5.74, 6) is 0. The van der Waals surface area contributed by atoms with E-state index in [4.69, 9.17) is 0 Å². The molecule has 1 N–H and O–H groups in total. The zero-order valence-corrected chi connectivity index (χ0v) is 10.1. The molecule has 0 spiro atoms. The monoisotopic (exact) mass is 234 g/mol. The first-order valence-corrected chi connectivity index (χ1v) is 6.13. The largest absolute Gasteiger partial charge is 0.307 e. The van der Waals surface area contributed by atoms with Gasteiger partial charge in [0.05, 0.1) is 4.92 Å². The molecule has 1 fully saturated rings. The van der Waals surface area contributed by atoms with Gasteiger partial charge in [-0.15, -0.1) is 0 Å². The number of rotatable bonds is 5. The molecular formula is C13H18N2O2. The Bertz CT molecular complexity index is 408. The van der Waals surface area contributed by atoms with Crippen LogP contribution in [0.15, 0.2) is 24.3 Å². The van der Waals surface area contributed by atoms with Crippen molar-refractivity contribution in [2.75, 3.05) is 0 Å². The van der Waals surface area contributed by atoms with Gasteiger partial charge >= 0.3 is 0 Å². The highest BCUT2D eigenvalue weighted by Gasteiger charge is 2.34. The lowest BCUT2D eigenvalue weighted by atomic mass is 9.75. The van der Waals surface area contributed by atoms with Gasteiger partial charge in [-0.05, 0) is 31.2 Å². The van der Waals surface area contributed by atoms with Crippen molar-refractivity contribution in [3.8, 4) is 0 Å². The molecule has 0 aromatic heterocycles. The van der Waals surface area contributed by atoms with Crippen molar-refractivity contribution in [1.82, 2.24) is 5.32 Å². The van der Waals surface area contributed by atoms with Crippen molar-refractivity contribution in [3.63, 3.8) is 0 Å². The fraction of sp³-hybridized carbons (Fsp3) is 0.538.